The van der Waals surface area contributed by atoms with Crippen LogP contribution in [-0.2, 0) is 11.3 Å². The minimum Gasteiger partial charge on any atom is -0.383 e. The molecule has 1 fully saturated rings. The second kappa shape index (κ2) is 6.83. The summed E-state index contributed by atoms with van der Waals surface area (Å²) in [6, 6.07) is 9.80. The number of nitriles is 1. The lowest BCUT2D eigenvalue weighted by molar-refractivity contribution is 0.0707. The van der Waals surface area contributed by atoms with Crippen LogP contribution >= 0.6 is 0 Å². The van der Waals surface area contributed by atoms with E-state index >= 15 is 0 Å². The number of nitrogens with zero attached hydrogens (tertiary/aromatic N) is 4. The molecule has 1 N–H and O–H groups in total. The smallest absolute Gasteiger partial charge is 0.273 e. The highest BCUT2D eigenvalue weighted by atomic mass is 16.5. The van der Waals surface area contributed by atoms with Gasteiger partial charge < -0.3 is 15.0 Å². The summed E-state index contributed by atoms with van der Waals surface area (Å²) in [6.45, 7) is 2.01. The molecule has 4 rings (SSSR count). The molecule has 26 heavy (non-hydrogen) atoms. The van der Waals surface area contributed by atoms with Gasteiger partial charge in [0.1, 0.15) is 17.5 Å². The summed E-state index contributed by atoms with van der Waals surface area (Å²) < 4.78 is 5.20. The van der Waals surface area contributed by atoms with E-state index in [0.29, 0.717) is 30.2 Å². The molecule has 132 valence electrons. The number of rotatable bonds is 4. The van der Waals surface area contributed by atoms with Gasteiger partial charge in [-0.05, 0) is 24.6 Å². The Morgan fingerprint density at radius 2 is 2.31 bits per heavy atom. The van der Waals surface area contributed by atoms with Crippen LogP contribution < -0.4 is 5.32 Å². The number of carbonyl (C=O) groups excluding carboxylic acids is 1. The van der Waals surface area contributed by atoms with E-state index in [1.165, 1.54) is 0 Å². The van der Waals surface area contributed by atoms with Crippen molar-refractivity contribution in [2.45, 2.75) is 25.0 Å². The van der Waals surface area contributed by atoms with Gasteiger partial charge in [0, 0.05) is 49.6 Å². The van der Waals surface area contributed by atoms with Crippen molar-refractivity contribution in [2.24, 2.45) is 0 Å². The Bertz CT molecular complexity index is 892. The fourth-order valence-electron chi connectivity index (χ4n) is 3.66. The van der Waals surface area contributed by atoms with E-state index in [0.717, 1.165) is 24.1 Å². The zero-order chi connectivity index (χ0) is 18.1. The molecule has 0 spiro atoms. The second-order valence-electron chi connectivity index (χ2n) is 6.63. The molecule has 2 aliphatic heterocycles. The van der Waals surface area contributed by atoms with E-state index in [9.17, 15) is 4.79 Å². The van der Waals surface area contributed by atoms with Gasteiger partial charge in [-0.15, -0.1) is 0 Å². The summed E-state index contributed by atoms with van der Waals surface area (Å²) >= 11 is 0. The number of hydrogen-bond donors (Lipinski definition) is 1. The highest BCUT2D eigenvalue weighted by Gasteiger charge is 2.37. The van der Waals surface area contributed by atoms with Crippen LogP contribution in [0.3, 0.4) is 0 Å². The van der Waals surface area contributed by atoms with Crippen LogP contribution in [0.15, 0.2) is 30.5 Å². The first kappa shape index (κ1) is 16.6. The van der Waals surface area contributed by atoms with Crippen LogP contribution in [0.25, 0.3) is 11.3 Å². The van der Waals surface area contributed by atoms with E-state index in [1.807, 2.05) is 23.1 Å². The Labute approximate surface area is 151 Å². The monoisotopic (exact) mass is 349 g/mol. The van der Waals surface area contributed by atoms with Gasteiger partial charge >= 0.3 is 0 Å². The molecule has 2 aliphatic rings. The van der Waals surface area contributed by atoms with Crippen molar-refractivity contribution in [1.82, 2.24) is 20.2 Å². The molecule has 0 unspecified atom stereocenters. The quantitative estimate of drug-likeness (QED) is 0.896. The predicted octanol–water partition coefficient (Wildman–Crippen LogP) is 1.35. The van der Waals surface area contributed by atoms with Gasteiger partial charge in [0.05, 0.1) is 12.3 Å². The number of fused-ring (bicyclic) bond motifs is 1. The van der Waals surface area contributed by atoms with Crippen LogP contribution in [0, 0.1) is 11.3 Å². The molecule has 2 atom stereocenters. The van der Waals surface area contributed by atoms with Crippen molar-refractivity contribution in [3.8, 4) is 17.3 Å². The molecule has 2 aromatic heterocycles. The molecular weight excluding hydrogens is 330 g/mol. The molecule has 0 bridgehead atoms. The molecule has 0 saturated carbocycles. The van der Waals surface area contributed by atoms with Crippen molar-refractivity contribution in [1.29, 1.82) is 5.26 Å². The third-order valence-electron chi connectivity index (χ3n) is 4.96. The number of carbonyl (C=O) groups is 1. The summed E-state index contributed by atoms with van der Waals surface area (Å²) in [4.78, 5) is 23.4. The maximum absolute atomic E-state index is 12.9. The summed E-state index contributed by atoms with van der Waals surface area (Å²) in [7, 11) is 1.69. The van der Waals surface area contributed by atoms with Crippen molar-refractivity contribution >= 4 is 5.91 Å². The van der Waals surface area contributed by atoms with E-state index in [4.69, 9.17) is 10.00 Å². The van der Waals surface area contributed by atoms with E-state index in [1.54, 1.807) is 25.4 Å². The molecular formula is C19H19N5O2. The summed E-state index contributed by atoms with van der Waals surface area (Å²) in [5.74, 6) is -0.0266. The van der Waals surface area contributed by atoms with E-state index in [2.05, 4.69) is 15.3 Å². The molecule has 1 amide bonds. The van der Waals surface area contributed by atoms with Gasteiger partial charge in [-0.1, -0.05) is 6.07 Å². The second-order valence-corrected chi connectivity index (χ2v) is 6.63. The highest BCUT2D eigenvalue weighted by Crippen LogP contribution is 2.29. The van der Waals surface area contributed by atoms with Gasteiger partial charge in [0.2, 0.25) is 0 Å². The predicted molar refractivity (Wildman–Crippen MR) is 94.1 cm³/mol. The van der Waals surface area contributed by atoms with E-state index < -0.39 is 0 Å². The zero-order valence-electron chi connectivity index (χ0n) is 14.5. The zero-order valence-corrected chi connectivity index (χ0v) is 14.5. The molecule has 4 heterocycles. The molecule has 0 radical (unpaired) electrons. The number of nitrogens with one attached hydrogen (secondary N) is 1. The molecule has 7 nitrogen and oxygen atoms in total. The molecule has 0 aromatic carbocycles. The number of amides is 1. The SMILES string of the molecule is COC[C@@H]1C[C@@H](N2Cc3ccc(-c4ccnc(C#N)c4)nc3C2=O)CN1. The molecule has 7 heteroatoms. The lowest BCUT2D eigenvalue weighted by atomic mass is 10.1. The first-order valence-electron chi connectivity index (χ1n) is 8.59. The fraction of sp³-hybridized carbons (Fsp3) is 0.368. The minimum atomic E-state index is -0.0266. The third-order valence-corrected chi connectivity index (χ3v) is 4.96. The van der Waals surface area contributed by atoms with Crippen LogP contribution in [0.1, 0.15) is 28.2 Å². The van der Waals surface area contributed by atoms with Crippen LogP contribution in [0.2, 0.25) is 0 Å². The van der Waals surface area contributed by atoms with Gasteiger partial charge in [0.25, 0.3) is 5.91 Å². The van der Waals surface area contributed by atoms with Gasteiger partial charge in [-0.2, -0.15) is 5.26 Å². The van der Waals surface area contributed by atoms with Gasteiger partial charge in [0.15, 0.2) is 0 Å². The average molecular weight is 349 g/mol. The van der Waals surface area contributed by atoms with Gasteiger partial charge in [-0.3, -0.25) is 4.79 Å². The van der Waals surface area contributed by atoms with Crippen LogP contribution in [0.4, 0.5) is 0 Å². The normalized spacial score (nSPS) is 21.7. The third kappa shape index (κ3) is 2.94. The Morgan fingerprint density at radius 3 is 3.12 bits per heavy atom. The first-order valence-corrected chi connectivity index (χ1v) is 8.59. The number of pyridine rings is 2. The Morgan fingerprint density at radius 1 is 1.42 bits per heavy atom. The standard InChI is InChI=1S/C19H19N5O2/c1-26-11-15-7-16(9-22-15)24-10-13-2-3-17(23-18(13)19(24)25)12-4-5-21-14(6-12)8-20/h2-6,15-16,22H,7,9-11H2,1H3/t15-,16+/m0/s1. The highest BCUT2D eigenvalue weighted by molar-refractivity contribution is 5.97. The van der Waals surface area contributed by atoms with Gasteiger partial charge in [-0.25, -0.2) is 9.97 Å². The Balaban J connectivity index is 1.57. The molecule has 1 saturated heterocycles. The maximum atomic E-state index is 12.9. The Kier molecular flexibility index (Phi) is 4.37. The number of hydrogen-bond acceptors (Lipinski definition) is 6. The number of methoxy groups -OCH3 is 1. The lowest BCUT2D eigenvalue weighted by Crippen LogP contribution is -2.37. The topological polar surface area (TPSA) is 91.1 Å². The van der Waals surface area contributed by atoms with Crippen LogP contribution in [0.5, 0.6) is 0 Å². The minimum absolute atomic E-state index is 0.0266. The largest absolute Gasteiger partial charge is 0.383 e. The molecule has 0 aliphatic carbocycles. The maximum Gasteiger partial charge on any atom is 0.273 e. The number of aromatic nitrogens is 2. The Hall–Kier alpha value is -2.82. The fourth-order valence-corrected chi connectivity index (χ4v) is 3.66. The van der Waals surface area contributed by atoms with Crippen LogP contribution in [-0.4, -0.2) is 53.1 Å². The summed E-state index contributed by atoms with van der Waals surface area (Å²) in [6.07, 6.45) is 2.47. The first-order chi connectivity index (χ1) is 12.7. The lowest BCUT2D eigenvalue weighted by Gasteiger charge is -2.22. The summed E-state index contributed by atoms with van der Waals surface area (Å²) in [5.41, 5.74) is 3.25. The number of ether oxygens (including phenoxy) is 1. The van der Waals surface area contributed by atoms with Crippen molar-refractivity contribution < 1.29 is 9.53 Å². The summed E-state index contributed by atoms with van der Waals surface area (Å²) in [5, 5.41) is 12.4. The average Bonchev–Trinajstić information content (AvgIpc) is 3.26. The van der Waals surface area contributed by atoms with Crippen molar-refractivity contribution in [3.63, 3.8) is 0 Å². The molecule has 2 aromatic rings. The van der Waals surface area contributed by atoms with Crippen molar-refractivity contribution in [3.05, 3.63) is 47.4 Å². The van der Waals surface area contributed by atoms with Crippen molar-refractivity contribution in [2.75, 3.05) is 20.3 Å². The van der Waals surface area contributed by atoms with E-state index in [-0.39, 0.29) is 18.0 Å².